The summed E-state index contributed by atoms with van der Waals surface area (Å²) in [6.07, 6.45) is 1.15. The Morgan fingerprint density at radius 1 is 1.23 bits per heavy atom. The highest BCUT2D eigenvalue weighted by Crippen LogP contribution is 2.35. The zero-order valence-corrected chi connectivity index (χ0v) is 16.0. The summed E-state index contributed by atoms with van der Waals surface area (Å²) in [5, 5.41) is 17.5. The molecule has 0 radical (unpaired) electrons. The molecule has 0 atom stereocenters. The summed E-state index contributed by atoms with van der Waals surface area (Å²) in [6.45, 7) is 3.74. The molecular weight excluding hydrogens is 427 g/mol. The fraction of sp³-hybridized carbons (Fsp3) is 0.133. The van der Waals surface area contributed by atoms with E-state index in [0.717, 1.165) is 16.9 Å². The molecule has 0 aliphatic heterocycles. The minimum Gasteiger partial charge on any atom is -0.332 e. The quantitative estimate of drug-likeness (QED) is 0.433. The predicted octanol–water partition coefficient (Wildman–Crippen LogP) is 4.85. The van der Waals surface area contributed by atoms with Crippen molar-refractivity contribution in [1.82, 2.24) is 15.0 Å². The molecule has 0 saturated carbocycles. The van der Waals surface area contributed by atoms with Gasteiger partial charge in [-0.05, 0) is 32.0 Å². The van der Waals surface area contributed by atoms with Crippen LogP contribution in [0.4, 0.5) is 32.5 Å². The van der Waals surface area contributed by atoms with Crippen LogP contribution in [0, 0.1) is 29.8 Å². The second-order valence-corrected chi connectivity index (χ2v) is 7.33. The van der Waals surface area contributed by atoms with E-state index in [9.17, 15) is 14.5 Å². The van der Waals surface area contributed by atoms with Gasteiger partial charge in [0.25, 0.3) is 0 Å². The van der Waals surface area contributed by atoms with Crippen LogP contribution in [0.1, 0.15) is 10.6 Å². The van der Waals surface area contributed by atoms with Crippen molar-refractivity contribution in [2.75, 3.05) is 10.6 Å². The summed E-state index contributed by atoms with van der Waals surface area (Å²) in [7, 11) is 0. The van der Waals surface area contributed by atoms with Crippen molar-refractivity contribution in [3.63, 3.8) is 0 Å². The van der Waals surface area contributed by atoms with Crippen molar-refractivity contribution in [2.45, 2.75) is 13.8 Å². The van der Waals surface area contributed by atoms with Gasteiger partial charge >= 0.3 is 5.69 Å². The van der Waals surface area contributed by atoms with Gasteiger partial charge in [0.1, 0.15) is 12.1 Å². The average molecular weight is 439 g/mol. The smallest absolute Gasteiger partial charge is 0.332 e. The first kappa shape index (κ1) is 18.1. The van der Waals surface area contributed by atoms with Crippen LogP contribution in [0.2, 0.25) is 0 Å². The number of aromatic nitrogens is 3. The van der Waals surface area contributed by atoms with Gasteiger partial charge in [0.15, 0.2) is 5.13 Å². The van der Waals surface area contributed by atoms with Crippen LogP contribution in [-0.2, 0) is 0 Å². The second-order valence-electron chi connectivity index (χ2n) is 5.21. The van der Waals surface area contributed by atoms with E-state index in [1.807, 2.05) is 13.8 Å². The van der Waals surface area contributed by atoms with Crippen molar-refractivity contribution in [1.29, 1.82) is 0 Å². The van der Waals surface area contributed by atoms with E-state index < -0.39 is 16.4 Å². The lowest BCUT2D eigenvalue weighted by Gasteiger charge is -2.09. The lowest BCUT2D eigenvalue weighted by Crippen LogP contribution is -2.06. The summed E-state index contributed by atoms with van der Waals surface area (Å²) in [4.78, 5) is 24.0. The Bertz CT molecular complexity index is 977. The molecular formula is C15H12BrFN6O2S. The first-order valence-corrected chi connectivity index (χ1v) is 8.88. The number of hydrogen-bond donors (Lipinski definition) is 2. The van der Waals surface area contributed by atoms with Crippen LogP contribution < -0.4 is 10.6 Å². The van der Waals surface area contributed by atoms with Gasteiger partial charge in [-0.3, -0.25) is 10.1 Å². The molecule has 0 aliphatic carbocycles. The number of thiazole rings is 1. The number of benzene rings is 1. The Hall–Kier alpha value is -2.66. The molecule has 2 aromatic heterocycles. The number of hydrogen-bond acceptors (Lipinski definition) is 8. The maximum atomic E-state index is 14.0. The first-order valence-electron chi connectivity index (χ1n) is 7.27. The van der Waals surface area contributed by atoms with Crippen molar-refractivity contribution in [3.05, 3.63) is 55.5 Å². The Balaban J connectivity index is 1.99. The molecule has 0 saturated heterocycles. The van der Waals surface area contributed by atoms with Crippen LogP contribution in [0.3, 0.4) is 0 Å². The summed E-state index contributed by atoms with van der Waals surface area (Å²) in [5.41, 5.74) is 0.478. The largest absolute Gasteiger partial charge is 0.353 e. The van der Waals surface area contributed by atoms with E-state index in [1.165, 1.54) is 23.5 Å². The topological polar surface area (TPSA) is 106 Å². The molecule has 0 aliphatic rings. The standard InChI is InChI=1S/C15H12BrFN6O2S/c1-7-8(2)26-15(20-7)22-14-12(23(24)25)13(18-6-19-14)21-11-4-3-9(16)5-10(11)17/h3-6H,1-2H3,(H2,18,19,20,21,22). The molecule has 134 valence electrons. The van der Waals surface area contributed by atoms with E-state index in [4.69, 9.17) is 0 Å². The monoisotopic (exact) mass is 438 g/mol. The molecule has 0 amide bonds. The van der Waals surface area contributed by atoms with E-state index in [1.54, 1.807) is 6.07 Å². The molecule has 0 unspecified atom stereocenters. The highest BCUT2D eigenvalue weighted by Gasteiger charge is 2.24. The molecule has 2 heterocycles. The van der Waals surface area contributed by atoms with Gasteiger partial charge in [-0.2, -0.15) is 0 Å². The van der Waals surface area contributed by atoms with Gasteiger partial charge < -0.3 is 10.6 Å². The number of nitrogens with zero attached hydrogens (tertiary/aromatic N) is 4. The fourth-order valence-electron chi connectivity index (χ4n) is 2.08. The van der Waals surface area contributed by atoms with Crippen LogP contribution in [0.25, 0.3) is 0 Å². The van der Waals surface area contributed by atoms with Crippen molar-refractivity contribution < 1.29 is 9.31 Å². The molecule has 26 heavy (non-hydrogen) atoms. The molecule has 0 spiro atoms. The molecule has 0 fully saturated rings. The van der Waals surface area contributed by atoms with Gasteiger partial charge in [0, 0.05) is 9.35 Å². The normalized spacial score (nSPS) is 10.6. The Morgan fingerprint density at radius 2 is 1.92 bits per heavy atom. The Morgan fingerprint density at radius 3 is 2.50 bits per heavy atom. The van der Waals surface area contributed by atoms with Gasteiger partial charge in [-0.25, -0.2) is 19.3 Å². The van der Waals surface area contributed by atoms with E-state index >= 15 is 0 Å². The Kier molecular flexibility index (Phi) is 5.09. The number of anilines is 4. The number of nitrogens with one attached hydrogen (secondary N) is 2. The maximum absolute atomic E-state index is 14.0. The van der Waals surface area contributed by atoms with Crippen LogP contribution in [-0.4, -0.2) is 19.9 Å². The van der Waals surface area contributed by atoms with Crippen LogP contribution >= 0.6 is 27.3 Å². The summed E-state index contributed by atoms with van der Waals surface area (Å²) in [6, 6.07) is 4.31. The van der Waals surface area contributed by atoms with Crippen LogP contribution in [0.5, 0.6) is 0 Å². The number of aryl methyl sites for hydroxylation is 2. The summed E-state index contributed by atoms with van der Waals surface area (Å²) < 4.78 is 14.6. The SMILES string of the molecule is Cc1nc(Nc2ncnc(Nc3ccc(Br)cc3F)c2[N+](=O)[O-])sc1C. The third-order valence-electron chi connectivity index (χ3n) is 3.44. The number of rotatable bonds is 5. The number of halogens is 2. The molecule has 3 rings (SSSR count). The number of nitro groups is 1. The van der Waals surface area contributed by atoms with Crippen molar-refractivity contribution in [2.24, 2.45) is 0 Å². The minimum atomic E-state index is -0.630. The summed E-state index contributed by atoms with van der Waals surface area (Å²) in [5.74, 6) is -0.731. The van der Waals surface area contributed by atoms with E-state index in [0.29, 0.717) is 9.60 Å². The van der Waals surface area contributed by atoms with Crippen molar-refractivity contribution >= 4 is 55.4 Å². The fourth-order valence-corrected chi connectivity index (χ4v) is 3.23. The third-order valence-corrected chi connectivity index (χ3v) is 4.92. The zero-order chi connectivity index (χ0) is 18.8. The van der Waals surface area contributed by atoms with Crippen LogP contribution in [0.15, 0.2) is 29.0 Å². The first-order chi connectivity index (χ1) is 12.3. The van der Waals surface area contributed by atoms with Crippen molar-refractivity contribution in [3.8, 4) is 0 Å². The predicted molar refractivity (Wildman–Crippen MR) is 101 cm³/mol. The lowest BCUT2D eigenvalue weighted by molar-refractivity contribution is -0.383. The molecule has 2 N–H and O–H groups in total. The average Bonchev–Trinajstić information content (AvgIpc) is 2.87. The highest BCUT2D eigenvalue weighted by atomic mass is 79.9. The molecule has 8 nitrogen and oxygen atoms in total. The summed E-state index contributed by atoms with van der Waals surface area (Å²) >= 11 is 4.51. The molecule has 3 aromatic rings. The zero-order valence-electron chi connectivity index (χ0n) is 13.6. The maximum Gasteiger partial charge on any atom is 0.353 e. The minimum absolute atomic E-state index is 0.0289. The highest BCUT2D eigenvalue weighted by molar-refractivity contribution is 9.10. The Labute approximate surface area is 159 Å². The molecule has 11 heteroatoms. The van der Waals surface area contributed by atoms with Gasteiger partial charge in [-0.15, -0.1) is 11.3 Å². The van der Waals surface area contributed by atoms with Gasteiger partial charge in [0.2, 0.25) is 11.6 Å². The van der Waals surface area contributed by atoms with Gasteiger partial charge in [0.05, 0.1) is 16.3 Å². The lowest BCUT2D eigenvalue weighted by atomic mass is 10.3. The van der Waals surface area contributed by atoms with E-state index in [-0.39, 0.29) is 17.3 Å². The van der Waals surface area contributed by atoms with Gasteiger partial charge in [-0.1, -0.05) is 15.9 Å². The molecule has 0 bridgehead atoms. The molecule has 1 aromatic carbocycles. The second kappa shape index (κ2) is 7.30. The van der Waals surface area contributed by atoms with E-state index in [2.05, 4.69) is 41.5 Å². The third kappa shape index (κ3) is 3.78.